The van der Waals surface area contributed by atoms with Crippen molar-refractivity contribution in [1.82, 2.24) is 14.8 Å². The molecule has 5 rings (SSSR count). The molecule has 1 atom stereocenters. The van der Waals surface area contributed by atoms with E-state index >= 15 is 0 Å². The first-order valence-electron chi connectivity index (χ1n) is 9.82. The molecule has 3 heterocycles. The number of nitrogens with zero attached hydrogens (tertiary/aromatic N) is 3. The maximum Gasteiger partial charge on any atom is 0.226 e. The van der Waals surface area contributed by atoms with Gasteiger partial charge in [0.2, 0.25) is 11.0 Å². The average Bonchev–Trinajstić information content (AvgIpc) is 3.30. The number of aryl methyl sites for hydroxylation is 1. The number of rotatable bonds is 4. The third-order valence-electron chi connectivity index (χ3n) is 5.29. The molecule has 0 unspecified atom stereocenters. The number of halogens is 2. The quantitative estimate of drug-likeness (QED) is 0.488. The molecule has 1 aliphatic heterocycles. The molecular formula is C22H18F2N4O2S. The standard InChI is InChI=1S/C22H18F2N4O2S/c1-3-30-13-5-7-17-18(9-13)31-22(25-17)28-21-20(11(2)27-28)14(10-19(29)26-21)12-4-6-15(23)16(24)8-12/h4-9,14H,3,10H2,1-2H3,(H,26,29)/t14-/m1/s1. The number of fused-ring (bicyclic) bond motifs is 2. The van der Waals surface area contributed by atoms with Crippen molar-refractivity contribution in [2.75, 3.05) is 11.9 Å². The molecular weight excluding hydrogens is 422 g/mol. The second kappa shape index (κ2) is 7.42. The summed E-state index contributed by atoms with van der Waals surface area (Å²) in [6.45, 7) is 4.33. The van der Waals surface area contributed by atoms with Gasteiger partial charge in [-0.1, -0.05) is 17.4 Å². The van der Waals surface area contributed by atoms with E-state index in [2.05, 4.69) is 15.4 Å². The Labute approximate surface area is 180 Å². The van der Waals surface area contributed by atoms with Crippen LogP contribution in [0.2, 0.25) is 0 Å². The van der Waals surface area contributed by atoms with Gasteiger partial charge in [-0.2, -0.15) is 9.78 Å². The highest BCUT2D eigenvalue weighted by Gasteiger charge is 2.33. The van der Waals surface area contributed by atoms with Gasteiger partial charge in [0.1, 0.15) is 11.6 Å². The van der Waals surface area contributed by atoms with Crippen LogP contribution >= 0.6 is 11.3 Å². The van der Waals surface area contributed by atoms with Gasteiger partial charge in [-0.3, -0.25) is 4.79 Å². The zero-order chi connectivity index (χ0) is 21.7. The molecule has 6 nitrogen and oxygen atoms in total. The van der Waals surface area contributed by atoms with E-state index in [1.54, 1.807) is 4.68 Å². The largest absolute Gasteiger partial charge is 0.494 e. The van der Waals surface area contributed by atoms with Gasteiger partial charge in [0, 0.05) is 17.9 Å². The number of nitrogens with one attached hydrogen (secondary N) is 1. The minimum absolute atomic E-state index is 0.127. The van der Waals surface area contributed by atoms with E-state index in [0.717, 1.165) is 33.7 Å². The molecule has 0 saturated carbocycles. The monoisotopic (exact) mass is 440 g/mol. The molecule has 2 aromatic heterocycles. The van der Waals surface area contributed by atoms with Crippen LogP contribution in [0, 0.1) is 18.6 Å². The number of hydrogen-bond donors (Lipinski definition) is 1. The van der Waals surface area contributed by atoms with Gasteiger partial charge < -0.3 is 10.1 Å². The number of benzene rings is 2. The second-order valence-corrected chi connectivity index (χ2v) is 8.31. The number of anilines is 1. The van der Waals surface area contributed by atoms with Crippen LogP contribution in [-0.2, 0) is 4.79 Å². The van der Waals surface area contributed by atoms with Crippen molar-refractivity contribution in [2.45, 2.75) is 26.2 Å². The number of hydrogen-bond acceptors (Lipinski definition) is 5. The molecule has 31 heavy (non-hydrogen) atoms. The number of carbonyl (C=O) groups is 1. The lowest BCUT2D eigenvalue weighted by molar-refractivity contribution is -0.116. The molecule has 0 aliphatic carbocycles. The summed E-state index contributed by atoms with van der Waals surface area (Å²) in [6, 6.07) is 9.40. The van der Waals surface area contributed by atoms with Crippen LogP contribution in [0.25, 0.3) is 15.3 Å². The van der Waals surface area contributed by atoms with E-state index in [9.17, 15) is 13.6 Å². The smallest absolute Gasteiger partial charge is 0.226 e. The van der Waals surface area contributed by atoms with Crippen molar-refractivity contribution in [2.24, 2.45) is 0 Å². The van der Waals surface area contributed by atoms with Gasteiger partial charge in [0.15, 0.2) is 11.6 Å². The summed E-state index contributed by atoms with van der Waals surface area (Å²) in [5, 5.41) is 8.10. The lowest BCUT2D eigenvalue weighted by atomic mass is 9.86. The highest BCUT2D eigenvalue weighted by molar-refractivity contribution is 7.20. The summed E-state index contributed by atoms with van der Waals surface area (Å²) in [7, 11) is 0. The summed E-state index contributed by atoms with van der Waals surface area (Å²) in [5.74, 6) is -1.23. The zero-order valence-corrected chi connectivity index (χ0v) is 17.6. The molecule has 4 aromatic rings. The predicted molar refractivity (Wildman–Crippen MR) is 114 cm³/mol. The van der Waals surface area contributed by atoms with Crippen LogP contribution in [0.4, 0.5) is 14.6 Å². The molecule has 0 spiro atoms. The Kier molecular flexibility index (Phi) is 4.70. The molecule has 0 fully saturated rings. The van der Waals surface area contributed by atoms with E-state index < -0.39 is 17.6 Å². The first kappa shape index (κ1) is 19.6. The summed E-state index contributed by atoms with van der Waals surface area (Å²) >= 11 is 1.43. The lowest BCUT2D eigenvalue weighted by Gasteiger charge is -2.24. The third-order valence-corrected chi connectivity index (χ3v) is 6.28. The molecule has 2 aromatic carbocycles. The number of carbonyl (C=O) groups excluding carboxylic acids is 1. The lowest BCUT2D eigenvalue weighted by Crippen LogP contribution is -2.25. The Morgan fingerprint density at radius 1 is 1.23 bits per heavy atom. The van der Waals surface area contributed by atoms with Crippen molar-refractivity contribution in [1.29, 1.82) is 0 Å². The van der Waals surface area contributed by atoms with Crippen LogP contribution in [0.3, 0.4) is 0 Å². The summed E-state index contributed by atoms with van der Waals surface area (Å²) in [4.78, 5) is 17.1. The predicted octanol–water partition coefficient (Wildman–Crippen LogP) is 4.94. The molecule has 1 amide bonds. The first-order valence-corrected chi connectivity index (χ1v) is 10.6. The van der Waals surface area contributed by atoms with Gasteiger partial charge in [-0.25, -0.2) is 13.8 Å². The summed E-state index contributed by atoms with van der Waals surface area (Å²) in [5.41, 5.74) is 2.80. The minimum Gasteiger partial charge on any atom is -0.494 e. The van der Waals surface area contributed by atoms with Crippen molar-refractivity contribution in [3.05, 3.63) is 64.9 Å². The summed E-state index contributed by atoms with van der Waals surface area (Å²) < 4.78 is 35.4. The molecule has 9 heteroatoms. The van der Waals surface area contributed by atoms with Gasteiger partial charge in [0.05, 0.1) is 22.5 Å². The SMILES string of the molecule is CCOc1ccc2nc(-n3nc(C)c4c3NC(=O)C[C@@H]4c3ccc(F)c(F)c3)sc2c1. The van der Waals surface area contributed by atoms with Gasteiger partial charge >= 0.3 is 0 Å². The van der Waals surface area contributed by atoms with E-state index in [1.807, 2.05) is 32.0 Å². The Morgan fingerprint density at radius 2 is 2.06 bits per heavy atom. The Balaban J connectivity index is 1.62. The maximum absolute atomic E-state index is 13.9. The summed E-state index contributed by atoms with van der Waals surface area (Å²) in [6.07, 6.45) is 0.127. The van der Waals surface area contributed by atoms with E-state index in [4.69, 9.17) is 4.74 Å². The van der Waals surface area contributed by atoms with Crippen molar-refractivity contribution in [3.63, 3.8) is 0 Å². The second-order valence-electron chi connectivity index (χ2n) is 7.30. The molecule has 1 N–H and O–H groups in total. The Bertz CT molecular complexity index is 1330. The highest BCUT2D eigenvalue weighted by atomic mass is 32.1. The minimum atomic E-state index is -0.939. The first-order chi connectivity index (χ1) is 14.9. The number of thiazole rings is 1. The fraction of sp³-hybridized carbons (Fsp3) is 0.227. The van der Waals surface area contributed by atoms with E-state index in [1.165, 1.54) is 17.4 Å². The fourth-order valence-electron chi connectivity index (χ4n) is 3.94. The topological polar surface area (TPSA) is 69.0 Å². The third kappa shape index (κ3) is 3.34. The van der Waals surface area contributed by atoms with Crippen molar-refractivity contribution in [3.8, 4) is 10.9 Å². The molecule has 158 valence electrons. The van der Waals surface area contributed by atoms with Crippen molar-refractivity contribution >= 4 is 33.3 Å². The number of ether oxygens (including phenoxy) is 1. The van der Waals surface area contributed by atoms with Crippen LogP contribution in [0.1, 0.15) is 36.1 Å². The Morgan fingerprint density at radius 3 is 2.84 bits per heavy atom. The van der Waals surface area contributed by atoms with Gasteiger partial charge in [-0.15, -0.1) is 0 Å². The Hall–Kier alpha value is -3.33. The fourth-order valence-corrected chi connectivity index (χ4v) is 4.89. The maximum atomic E-state index is 13.9. The highest BCUT2D eigenvalue weighted by Crippen LogP contribution is 2.41. The zero-order valence-electron chi connectivity index (χ0n) is 16.8. The van der Waals surface area contributed by atoms with Gasteiger partial charge in [0.25, 0.3) is 0 Å². The normalized spacial score (nSPS) is 15.7. The van der Waals surface area contributed by atoms with Crippen LogP contribution in [0.15, 0.2) is 36.4 Å². The molecule has 0 radical (unpaired) electrons. The number of aromatic nitrogens is 3. The molecule has 0 saturated heterocycles. The van der Waals surface area contributed by atoms with Crippen LogP contribution in [0.5, 0.6) is 5.75 Å². The van der Waals surface area contributed by atoms with Gasteiger partial charge in [-0.05, 0) is 49.7 Å². The van der Waals surface area contributed by atoms with E-state index in [0.29, 0.717) is 28.8 Å². The average molecular weight is 440 g/mol. The van der Waals surface area contributed by atoms with E-state index in [-0.39, 0.29) is 12.3 Å². The van der Waals surface area contributed by atoms with Crippen molar-refractivity contribution < 1.29 is 18.3 Å². The molecule has 0 bridgehead atoms. The van der Waals surface area contributed by atoms with Crippen LogP contribution < -0.4 is 10.1 Å². The number of amides is 1. The van der Waals surface area contributed by atoms with Crippen LogP contribution in [-0.4, -0.2) is 27.3 Å². The molecule has 1 aliphatic rings.